The molecule has 0 saturated carbocycles. The first-order valence-corrected chi connectivity index (χ1v) is 27.7. The standard InChI is InChI=1S/C63H100O6/c1-4-7-10-13-15-17-19-21-23-24-25-26-27-28-29-30-31-32-33-34-35-36-37-38-40-41-43-45-47-50-53-56-62(65)68-59-60(58-67-61(64)55-52-49-12-9-6-3)69-63(66)57-54-51-48-46-44-42-39-22-20-18-16-14-11-8-5-2/h7-8,10-11,15-18,21-23,25-26,28-29,31-32,39,44,46,51,54,60H,4-6,9,12-14,19-20,24,27,30,33-38,40-43,45,47-50,52-53,55-59H2,1-3H3/b10-7-,11-8-,17-15-,18-16-,23-21-,26-25-,29-28-,32-31-,39-22-,46-44-,54-51-. The van der Waals surface area contributed by atoms with E-state index in [0.717, 1.165) is 122 Å². The summed E-state index contributed by atoms with van der Waals surface area (Å²) in [5.74, 6) is -1.07. The van der Waals surface area contributed by atoms with Crippen LogP contribution in [0.25, 0.3) is 0 Å². The van der Waals surface area contributed by atoms with Crippen LogP contribution in [0, 0.1) is 0 Å². The first-order valence-electron chi connectivity index (χ1n) is 27.7. The number of rotatable bonds is 48. The van der Waals surface area contributed by atoms with Crippen LogP contribution >= 0.6 is 0 Å². The molecule has 0 N–H and O–H groups in total. The highest BCUT2D eigenvalue weighted by Crippen LogP contribution is 2.14. The number of esters is 3. The predicted octanol–water partition coefficient (Wildman–Crippen LogP) is 18.6. The Morgan fingerprint density at radius 1 is 0.319 bits per heavy atom. The van der Waals surface area contributed by atoms with E-state index in [1.54, 1.807) is 6.08 Å². The van der Waals surface area contributed by atoms with Crippen LogP contribution in [0.15, 0.2) is 134 Å². The molecule has 0 rings (SSSR count). The molecular formula is C63H100O6. The van der Waals surface area contributed by atoms with Crippen molar-refractivity contribution in [2.45, 2.75) is 232 Å². The van der Waals surface area contributed by atoms with Gasteiger partial charge in [-0.1, -0.05) is 244 Å². The largest absolute Gasteiger partial charge is 0.462 e. The van der Waals surface area contributed by atoms with Gasteiger partial charge in [-0.25, -0.2) is 0 Å². The molecule has 0 aromatic carbocycles. The summed E-state index contributed by atoms with van der Waals surface area (Å²) in [5.41, 5.74) is 0. The predicted molar refractivity (Wildman–Crippen MR) is 297 cm³/mol. The highest BCUT2D eigenvalue weighted by Gasteiger charge is 2.19. The zero-order valence-electron chi connectivity index (χ0n) is 44.3. The fourth-order valence-corrected chi connectivity index (χ4v) is 7.11. The maximum Gasteiger partial charge on any atom is 0.310 e. The minimum absolute atomic E-state index is 0.0929. The smallest absolute Gasteiger partial charge is 0.310 e. The molecule has 6 heteroatoms. The second-order valence-electron chi connectivity index (χ2n) is 17.8. The Morgan fingerprint density at radius 2 is 0.609 bits per heavy atom. The summed E-state index contributed by atoms with van der Waals surface area (Å²) < 4.78 is 16.6. The molecule has 69 heavy (non-hydrogen) atoms. The number of unbranched alkanes of at least 4 members (excludes halogenated alkanes) is 16. The summed E-state index contributed by atoms with van der Waals surface area (Å²) in [6.07, 6.45) is 79.5. The van der Waals surface area contributed by atoms with Gasteiger partial charge in [0.05, 0.1) is 6.42 Å². The van der Waals surface area contributed by atoms with Crippen LogP contribution in [0.4, 0.5) is 0 Å². The summed E-state index contributed by atoms with van der Waals surface area (Å²) in [7, 11) is 0. The average Bonchev–Trinajstić information content (AvgIpc) is 3.35. The van der Waals surface area contributed by atoms with E-state index in [2.05, 4.69) is 142 Å². The fraction of sp³-hybridized carbons (Fsp3) is 0.603. The van der Waals surface area contributed by atoms with Gasteiger partial charge in [0.1, 0.15) is 13.2 Å². The van der Waals surface area contributed by atoms with Gasteiger partial charge in [-0.15, -0.1) is 0 Å². The maximum atomic E-state index is 12.7. The Labute approximate surface area is 424 Å². The highest BCUT2D eigenvalue weighted by atomic mass is 16.6. The molecule has 0 fully saturated rings. The van der Waals surface area contributed by atoms with Gasteiger partial charge in [-0.2, -0.15) is 0 Å². The molecule has 0 saturated heterocycles. The zero-order chi connectivity index (χ0) is 50.0. The van der Waals surface area contributed by atoms with Crippen LogP contribution in [-0.2, 0) is 28.6 Å². The van der Waals surface area contributed by atoms with E-state index >= 15 is 0 Å². The second-order valence-corrected chi connectivity index (χ2v) is 17.8. The van der Waals surface area contributed by atoms with E-state index in [4.69, 9.17) is 14.2 Å². The van der Waals surface area contributed by atoms with Crippen LogP contribution in [0.5, 0.6) is 0 Å². The molecule has 0 aromatic heterocycles. The van der Waals surface area contributed by atoms with Crippen molar-refractivity contribution < 1.29 is 28.6 Å². The van der Waals surface area contributed by atoms with Crippen molar-refractivity contribution in [3.63, 3.8) is 0 Å². The van der Waals surface area contributed by atoms with Crippen molar-refractivity contribution >= 4 is 17.9 Å². The third-order valence-electron chi connectivity index (χ3n) is 11.2. The van der Waals surface area contributed by atoms with Gasteiger partial charge in [0.15, 0.2) is 6.10 Å². The summed E-state index contributed by atoms with van der Waals surface area (Å²) >= 11 is 0. The molecule has 0 heterocycles. The topological polar surface area (TPSA) is 78.9 Å². The Kier molecular flexibility index (Phi) is 52.5. The van der Waals surface area contributed by atoms with Crippen LogP contribution in [0.1, 0.15) is 226 Å². The van der Waals surface area contributed by atoms with Crippen LogP contribution in [0.3, 0.4) is 0 Å². The van der Waals surface area contributed by atoms with Gasteiger partial charge in [-0.05, 0) is 96.3 Å². The lowest BCUT2D eigenvalue weighted by Crippen LogP contribution is -2.30. The van der Waals surface area contributed by atoms with E-state index < -0.39 is 12.1 Å². The number of ether oxygens (including phenoxy) is 3. The fourth-order valence-electron chi connectivity index (χ4n) is 7.11. The lowest BCUT2D eigenvalue weighted by Gasteiger charge is -2.18. The van der Waals surface area contributed by atoms with Crippen molar-refractivity contribution in [2.75, 3.05) is 13.2 Å². The lowest BCUT2D eigenvalue weighted by atomic mass is 10.0. The van der Waals surface area contributed by atoms with Crippen molar-refractivity contribution in [1.82, 2.24) is 0 Å². The molecule has 0 radical (unpaired) electrons. The molecule has 0 bridgehead atoms. The minimum atomic E-state index is -0.832. The number of carbonyl (C=O) groups excluding carboxylic acids is 3. The van der Waals surface area contributed by atoms with Gasteiger partial charge in [-0.3, -0.25) is 14.4 Å². The number of hydrogen-bond acceptors (Lipinski definition) is 6. The zero-order valence-corrected chi connectivity index (χ0v) is 44.3. The molecule has 0 aliphatic carbocycles. The summed E-state index contributed by atoms with van der Waals surface area (Å²) in [5, 5.41) is 0. The molecule has 6 nitrogen and oxygen atoms in total. The number of hydrogen-bond donors (Lipinski definition) is 0. The molecule has 0 amide bonds. The molecule has 388 valence electrons. The van der Waals surface area contributed by atoms with E-state index in [1.165, 1.54) is 64.2 Å². The van der Waals surface area contributed by atoms with Gasteiger partial charge >= 0.3 is 17.9 Å². The van der Waals surface area contributed by atoms with E-state index in [1.807, 2.05) is 6.08 Å². The second kappa shape index (κ2) is 56.1. The van der Waals surface area contributed by atoms with Gasteiger partial charge in [0.2, 0.25) is 0 Å². The maximum absolute atomic E-state index is 12.7. The molecule has 0 spiro atoms. The Balaban J connectivity index is 4.12. The average molecular weight is 953 g/mol. The third-order valence-corrected chi connectivity index (χ3v) is 11.2. The van der Waals surface area contributed by atoms with E-state index in [9.17, 15) is 14.4 Å². The monoisotopic (exact) mass is 953 g/mol. The number of carbonyl (C=O) groups is 3. The third kappa shape index (κ3) is 54.4. The normalized spacial score (nSPS) is 13.1. The van der Waals surface area contributed by atoms with Gasteiger partial charge < -0.3 is 14.2 Å². The molecule has 0 aliphatic rings. The van der Waals surface area contributed by atoms with Gasteiger partial charge in [0, 0.05) is 12.8 Å². The molecular weight excluding hydrogens is 853 g/mol. The Morgan fingerprint density at radius 3 is 0.957 bits per heavy atom. The molecule has 1 unspecified atom stereocenters. The first kappa shape index (κ1) is 64.5. The Bertz CT molecular complexity index is 1510. The summed E-state index contributed by atoms with van der Waals surface area (Å²) in [6, 6.07) is 0. The van der Waals surface area contributed by atoms with Crippen molar-refractivity contribution in [2.24, 2.45) is 0 Å². The van der Waals surface area contributed by atoms with Crippen molar-refractivity contribution in [3.8, 4) is 0 Å². The molecule has 0 aliphatic heterocycles. The van der Waals surface area contributed by atoms with Crippen LogP contribution in [0.2, 0.25) is 0 Å². The quantitative estimate of drug-likeness (QED) is 0.0262. The van der Waals surface area contributed by atoms with Crippen LogP contribution < -0.4 is 0 Å². The highest BCUT2D eigenvalue weighted by molar-refractivity contribution is 5.72. The van der Waals surface area contributed by atoms with Crippen molar-refractivity contribution in [3.05, 3.63) is 134 Å². The van der Waals surface area contributed by atoms with E-state index in [-0.39, 0.29) is 31.6 Å². The van der Waals surface area contributed by atoms with Crippen LogP contribution in [-0.4, -0.2) is 37.2 Å². The van der Waals surface area contributed by atoms with E-state index in [0.29, 0.717) is 12.8 Å². The first-order chi connectivity index (χ1) is 34.0. The summed E-state index contributed by atoms with van der Waals surface area (Å²) in [6.45, 7) is 6.22. The summed E-state index contributed by atoms with van der Waals surface area (Å²) in [4.78, 5) is 37.6. The lowest BCUT2D eigenvalue weighted by molar-refractivity contribution is -0.166. The molecule has 1 atom stereocenters. The SMILES string of the molecule is CC/C=C\C/C=C\C/C=C\C/C=C\C/C=C\C/C=C\CCCCCCCCCCCCCCC(=O)OCC(COC(=O)CCCCCCC)OC(=O)C/C=C\C/C=C\C/C=C\C/C=C\C/C=C\CC. The number of allylic oxidation sites excluding steroid dienone is 21. The molecule has 0 aromatic rings. The van der Waals surface area contributed by atoms with Gasteiger partial charge in [0.25, 0.3) is 0 Å². The Hall–Kier alpha value is -4.45. The minimum Gasteiger partial charge on any atom is -0.462 e. The van der Waals surface area contributed by atoms with Crippen molar-refractivity contribution in [1.29, 1.82) is 0 Å².